The fraction of sp³-hybridized carbons (Fsp3) is 0.385. The topological polar surface area (TPSA) is 207 Å². The first-order chi connectivity index (χ1) is 20.8. The molecular weight excluding hydrogens is 633 g/mol. The first-order valence-electron chi connectivity index (χ1n) is 13.2. The van der Waals surface area contributed by atoms with Gasteiger partial charge >= 0.3 is 5.97 Å². The van der Waals surface area contributed by atoms with E-state index in [1.807, 2.05) is 34.9 Å². The molecule has 2 amide bonds. The molecule has 44 heavy (non-hydrogen) atoms. The minimum Gasteiger partial charge on any atom is -0.543 e. The van der Waals surface area contributed by atoms with E-state index >= 15 is 0 Å². The maximum absolute atomic E-state index is 13.3. The summed E-state index contributed by atoms with van der Waals surface area (Å²) < 4.78 is 1.91. The molecule has 1 saturated heterocycles. The van der Waals surface area contributed by atoms with E-state index < -0.39 is 46.5 Å². The van der Waals surface area contributed by atoms with Crippen LogP contribution in [0.2, 0.25) is 0 Å². The minimum absolute atomic E-state index is 0.0197. The van der Waals surface area contributed by atoms with Crippen LogP contribution in [0, 0.1) is 0 Å². The second-order valence-electron chi connectivity index (χ2n) is 10.4. The molecule has 3 aromatic rings. The molecular formula is C26H28N8O7S3. The number of carboxylic acid groups (broad SMARTS) is 2. The summed E-state index contributed by atoms with van der Waals surface area (Å²) in [5.74, 6) is -3.39. The monoisotopic (exact) mass is 660 g/mol. The molecule has 1 fully saturated rings. The lowest BCUT2D eigenvalue weighted by Gasteiger charge is -2.51. The van der Waals surface area contributed by atoms with Gasteiger partial charge in [-0.05, 0) is 42.8 Å². The maximum atomic E-state index is 13.3. The Labute approximate surface area is 263 Å². The van der Waals surface area contributed by atoms with Crippen molar-refractivity contribution in [1.29, 1.82) is 0 Å². The van der Waals surface area contributed by atoms with Gasteiger partial charge in [0.15, 0.2) is 15.7 Å². The van der Waals surface area contributed by atoms with Gasteiger partial charge in [-0.2, -0.15) is 0 Å². The van der Waals surface area contributed by atoms with Gasteiger partial charge in [-0.25, -0.2) is 14.3 Å². The van der Waals surface area contributed by atoms with Crippen molar-refractivity contribution in [2.75, 3.05) is 29.5 Å². The van der Waals surface area contributed by atoms with Crippen molar-refractivity contribution in [1.82, 2.24) is 20.2 Å². The average molecular weight is 661 g/mol. The van der Waals surface area contributed by atoms with Gasteiger partial charge in [-0.1, -0.05) is 5.16 Å². The summed E-state index contributed by atoms with van der Waals surface area (Å²) >= 11 is 3.89. The number of aromatic nitrogens is 3. The number of carboxylic acids is 2. The molecule has 0 unspecified atom stereocenters. The van der Waals surface area contributed by atoms with Crippen LogP contribution in [0.3, 0.4) is 0 Å². The van der Waals surface area contributed by atoms with Crippen LogP contribution in [-0.2, 0) is 31.1 Å². The van der Waals surface area contributed by atoms with Crippen molar-refractivity contribution < 1.29 is 38.8 Å². The van der Waals surface area contributed by atoms with Crippen LogP contribution < -0.4 is 25.6 Å². The van der Waals surface area contributed by atoms with Crippen LogP contribution in [0.25, 0.3) is 10.2 Å². The summed E-state index contributed by atoms with van der Waals surface area (Å²) in [7, 11) is 1.90. The molecule has 0 saturated carbocycles. The Morgan fingerprint density at radius 1 is 1.36 bits per heavy atom. The highest BCUT2D eigenvalue weighted by molar-refractivity contribution is 8.00. The summed E-state index contributed by atoms with van der Waals surface area (Å²) in [6.07, 6.45) is 1.70. The fourth-order valence-electron chi connectivity index (χ4n) is 4.63. The molecule has 232 valence electrons. The lowest BCUT2D eigenvalue weighted by Crippen LogP contribution is -2.71. The van der Waals surface area contributed by atoms with Gasteiger partial charge in [0, 0.05) is 24.2 Å². The normalized spacial score (nSPS) is 18.6. The Hall–Kier alpha value is -4.29. The number of rotatable bonds is 11. The number of fused-ring (bicyclic) bond motifs is 2. The van der Waals surface area contributed by atoms with Crippen LogP contribution in [0.5, 0.6) is 0 Å². The molecule has 5 rings (SSSR count). The average Bonchev–Trinajstić information content (AvgIpc) is 3.64. The second kappa shape index (κ2) is 12.0. The number of thiophene rings is 1. The van der Waals surface area contributed by atoms with E-state index in [0.717, 1.165) is 26.5 Å². The standard InChI is InChI=1S/C26H28N8O7S3/c1-5-33(18-13-6-7-42-21(13)32(4)11-28-18)8-12-9-43-22-16(20(36)34(22)17(12)23(37)38)30-19(35)15(14-10-44-25(27)29-14)31-41-26(2,3)24(39)40/h6-7,10-11,16,22H,5,8-9H2,1-4H3,(H4-,27,29,30,35,37,38,39,40)/b31-15+/t16-,22-/m1/s1. The number of amides is 2. The fourth-order valence-corrected chi connectivity index (χ4v) is 7.34. The number of carbonyl (C=O) groups is 4. The van der Waals surface area contributed by atoms with E-state index in [2.05, 4.69) is 20.4 Å². The van der Waals surface area contributed by atoms with E-state index in [4.69, 9.17) is 10.6 Å². The number of likely N-dealkylation sites (N-methyl/N-ethyl adjacent to an activating group) is 1. The van der Waals surface area contributed by atoms with Crippen molar-refractivity contribution in [2.24, 2.45) is 12.2 Å². The van der Waals surface area contributed by atoms with E-state index in [9.17, 15) is 29.4 Å². The van der Waals surface area contributed by atoms with Crippen LogP contribution >= 0.6 is 34.4 Å². The summed E-state index contributed by atoms with van der Waals surface area (Å²) in [5, 5.41) is 31.8. The molecule has 0 aromatic carbocycles. The van der Waals surface area contributed by atoms with E-state index in [1.54, 1.807) is 17.7 Å². The molecule has 0 spiro atoms. The summed E-state index contributed by atoms with van der Waals surface area (Å²) in [6, 6.07) is 0.864. The van der Waals surface area contributed by atoms with Crippen LogP contribution in [0.4, 0.5) is 10.9 Å². The van der Waals surface area contributed by atoms with Gasteiger partial charge in [0.1, 0.15) is 22.5 Å². The summed E-state index contributed by atoms with van der Waals surface area (Å²) in [6.45, 7) is 5.15. The quantitative estimate of drug-likeness (QED) is 0.105. The molecule has 0 radical (unpaired) electrons. The number of thiazole rings is 1. The zero-order chi connectivity index (χ0) is 31.9. The number of aryl methyl sites for hydroxylation is 1. The first kappa shape index (κ1) is 31.1. The number of carbonyl (C=O) groups excluding carboxylic acids is 3. The van der Waals surface area contributed by atoms with Crippen molar-refractivity contribution in [3.05, 3.63) is 40.1 Å². The zero-order valence-corrected chi connectivity index (χ0v) is 26.4. The zero-order valence-electron chi connectivity index (χ0n) is 24.0. The number of thioether (sulfide) groups is 1. The van der Waals surface area contributed by atoms with Crippen molar-refractivity contribution in [3.63, 3.8) is 0 Å². The van der Waals surface area contributed by atoms with Gasteiger partial charge in [0.2, 0.25) is 5.60 Å². The Bertz CT molecular complexity index is 1730. The number of nitrogen functional groups attached to an aromatic ring is 1. The third-order valence-electron chi connectivity index (χ3n) is 7.01. The van der Waals surface area contributed by atoms with E-state index in [-0.39, 0.29) is 28.8 Å². The molecule has 5 heterocycles. The summed E-state index contributed by atoms with van der Waals surface area (Å²) in [4.78, 5) is 68.3. The van der Waals surface area contributed by atoms with Crippen molar-refractivity contribution >= 4 is 85.1 Å². The predicted octanol–water partition coefficient (Wildman–Crippen LogP) is -0.326. The highest BCUT2D eigenvalue weighted by Gasteiger charge is 2.53. The Kier molecular flexibility index (Phi) is 8.50. The number of oxime groups is 1. The molecule has 4 N–H and O–H groups in total. The molecule has 3 aromatic heterocycles. The molecule has 2 aliphatic heterocycles. The third kappa shape index (κ3) is 5.67. The Balaban J connectivity index is 1.38. The number of anilines is 2. The number of nitrogens with zero attached hydrogens (tertiary/aromatic N) is 6. The first-order valence-corrected chi connectivity index (χ1v) is 16.0. The Morgan fingerprint density at radius 3 is 2.75 bits per heavy atom. The maximum Gasteiger partial charge on any atom is 0.350 e. The summed E-state index contributed by atoms with van der Waals surface area (Å²) in [5.41, 5.74) is 3.81. The molecule has 0 bridgehead atoms. The number of β-lactam (4-membered cyclic amide) rings is 1. The van der Waals surface area contributed by atoms with Gasteiger partial charge in [-0.3, -0.25) is 14.5 Å². The lowest BCUT2D eigenvalue weighted by molar-refractivity contribution is -0.645. The molecule has 2 atom stereocenters. The highest BCUT2D eigenvalue weighted by Crippen LogP contribution is 2.41. The molecule has 0 aliphatic carbocycles. The highest BCUT2D eigenvalue weighted by atomic mass is 32.2. The second-order valence-corrected chi connectivity index (χ2v) is 13.2. The molecule has 18 heteroatoms. The predicted molar refractivity (Wildman–Crippen MR) is 162 cm³/mol. The van der Waals surface area contributed by atoms with Gasteiger partial charge in [-0.15, -0.1) is 34.4 Å². The SMILES string of the molecule is CCN(CC1=C(C(=O)[O-])N2C(=O)[C@@H](NC(=O)/C(=N/OC(C)(C)C(=O)O)c3csc(N)n3)[C@H]2SC1)c1nc[n+](C)c2sccc12. The van der Waals surface area contributed by atoms with E-state index in [0.29, 0.717) is 17.9 Å². The van der Waals surface area contributed by atoms with Crippen molar-refractivity contribution in [3.8, 4) is 0 Å². The minimum atomic E-state index is -1.77. The largest absolute Gasteiger partial charge is 0.543 e. The van der Waals surface area contributed by atoms with Gasteiger partial charge in [0.25, 0.3) is 24.0 Å². The lowest BCUT2D eigenvalue weighted by atomic mass is 10.0. The van der Waals surface area contributed by atoms with Crippen LogP contribution in [0.15, 0.2) is 39.6 Å². The Morgan fingerprint density at radius 2 is 2.11 bits per heavy atom. The number of aliphatic carboxylic acids is 2. The molecule has 2 aliphatic rings. The van der Waals surface area contributed by atoms with Crippen LogP contribution in [-0.4, -0.2) is 85.3 Å². The van der Waals surface area contributed by atoms with Gasteiger partial charge < -0.3 is 35.8 Å². The van der Waals surface area contributed by atoms with E-state index in [1.165, 1.54) is 31.0 Å². The number of nitrogens with two attached hydrogens (primary N) is 1. The molecule has 15 nitrogen and oxygen atoms in total. The number of hydrogen-bond donors (Lipinski definition) is 3. The number of hydrogen-bond acceptors (Lipinski definition) is 14. The number of nitrogens with one attached hydrogen (secondary N) is 1. The third-order valence-corrected chi connectivity index (χ3v) is 10.0. The van der Waals surface area contributed by atoms with Gasteiger partial charge in [0.05, 0.1) is 18.7 Å². The smallest absolute Gasteiger partial charge is 0.350 e. The van der Waals surface area contributed by atoms with Crippen LogP contribution in [0.1, 0.15) is 26.5 Å². The van der Waals surface area contributed by atoms with Crippen molar-refractivity contribution in [2.45, 2.75) is 37.8 Å².